The zero-order chi connectivity index (χ0) is 18.8. The smallest absolute Gasteiger partial charge is 0.494 e. The standard InChI is InChI=1S/C11H16BNO4.C5H11NO2/c13-7-10-8-3-1-4-9(16-6-2-5-14)11(8)12(15)17-10;1-2-3-4(6)5(7)8/h1,3-4,10,14-15H,2,5-7,13H2;4H,2-3,6H2,1H3,(H,7,8)/t10-;4-/m10/s1. The highest BCUT2D eigenvalue weighted by molar-refractivity contribution is 6.62. The third kappa shape index (κ3) is 6.30. The van der Waals surface area contributed by atoms with Crippen molar-refractivity contribution >= 4 is 18.6 Å². The maximum Gasteiger partial charge on any atom is 0.495 e. The number of benzene rings is 1. The van der Waals surface area contributed by atoms with Gasteiger partial charge >= 0.3 is 13.1 Å². The fourth-order valence-electron chi connectivity index (χ4n) is 2.39. The number of hydrogen-bond acceptors (Lipinski definition) is 7. The van der Waals surface area contributed by atoms with Crippen LogP contribution in [0.3, 0.4) is 0 Å². The minimum atomic E-state index is -0.983. The van der Waals surface area contributed by atoms with E-state index in [2.05, 4.69) is 0 Å². The van der Waals surface area contributed by atoms with Gasteiger partial charge in [-0.1, -0.05) is 25.5 Å². The molecule has 0 saturated heterocycles. The number of aliphatic carboxylic acids is 1. The Morgan fingerprint density at radius 3 is 2.72 bits per heavy atom. The van der Waals surface area contributed by atoms with Crippen molar-refractivity contribution in [1.82, 2.24) is 0 Å². The molecule has 0 bridgehead atoms. The summed E-state index contributed by atoms with van der Waals surface area (Å²) in [6, 6.07) is 4.83. The summed E-state index contributed by atoms with van der Waals surface area (Å²) in [7, 11) is -0.983. The van der Waals surface area contributed by atoms with Crippen molar-refractivity contribution in [2.45, 2.75) is 38.3 Å². The lowest BCUT2D eigenvalue weighted by atomic mass is 9.78. The molecule has 1 aliphatic rings. The van der Waals surface area contributed by atoms with E-state index >= 15 is 0 Å². The summed E-state index contributed by atoms with van der Waals surface area (Å²) < 4.78 is 10.8. The Morgan fingerprint density at radius 1 is 1.48 bits per heavy atom. The first-order valence-electron chi connectivity index (χ1n) is 8.34. The van der Waals surface area contributed by atoms with Gasteiger partial charge in [0.15, 0.2) is 0 Å². The highest BCUT2D eigenvalue weighted by Gasteiger charge is 2.37. The number of carboxylic acid groups (broad SMARTS) is 1. The predicted molar refractivity (Wildman–Crippen MR) is 94.6 cm³/mol. The molecule has 9 heteroatoms. The number of aliphatic hydroxyl groups excluding tert-OH is 1. The summed E-state index contributed by atoms with van der Waals surface area (Å²) in [5.41, 5.74) is 12.2. The molecule has 8 nitrogen and oxygen atoms in total. The van der Waals surface area contributed by atoms with Crippen molar-refractivity contribution in [2.75, 3.05) is 19.8 Å². The molecule has 1 aromatic carbocycles. The molecule has 0 aliphatic carbocycles. The van der Waals surface area contributed by atoms with E-state index in [1.54, 1.807) is 6.07 Å². The number of hydrogen-bond donors (Lipinski definition) is 5. The van der Waals surface area contributed by atoms with Gasteiger partial charge in [-0.2, -0.15) is 0 Å². The van der Waals surface area contributed by atoms with E-state index in [1.807, 2.05) is 19.1 Å². The number of nitrogens with two attached hydrogens (primary N) is 2. The highest BCUT2D eigenvalue weighted by atomic mass is 16.5. The second-order valence-electron chi connectivity index (χ2n) is 5.63. The summed E-state index contributed by atoms with van der Waals surface area (Å²) in [6.45, 7) is 2.72. The van der Waals surface area contributed by atoms with Gasteiger partial charge < -0.3 is 36.1 Å². The van der Waals surface area contributed by atoms with E-state index in [-0.39, 0.29) is 12.7 Å². The van der Waals surface area contributed by atoms with Crippen LogP contribution >= 0.6 is 0 Å². The van der Waals surface area contributed by atoms with Crippen LogP contribution in [0.15, 0.2) is 18.2 Å². The minimum absolute atomic E-state index is 0.0828. The van der Waals surface area contributed by atoms with Gasteiger partial charge in [0.05, 0.1) is 12.7 Å². The molecule has 0 radical (unpaired) electrons. The average molecular weight is 354 g/mol. The minimum Gasteiger partial charge on any atom is -0.494 e. The van der Waals surface area contributed by atoms with Crippen LogP contribution in [0.5, 0.6) is 5.75 Å². The van der Waals surface area contributed by atoms with Gasteiger partial charge in [0.2, 0.25) is 0 Å². The number of fused-ring (bicyclic) bond motifs is 1. The zero-order valence-electron chi connectivity index (χ0n) is 14.4. The maximum absolute atomic E-state index is 9.96. The molecule has 0 spiro atoms. The molecule has 2 rings (SSSR count). The van der Waals surface area contributed by atoms with Crippen LogP contribution in [0.1, 0.15) is 37.9 Å². The van der Waals surface area contributed by atoms with E-state index in [0.717, 1.165) is 12.0 Å². The second-order valence-corrected chi connectivity index (χ2v) is 5.63. The van der Waals surface area contributed by atoms with Gasteiger partial charge in [-0.05, 0) is 18.1 Å². The largest absolute Gasteiger partial charge is 0.495 e. The Kier molecular flexibility index (Phi) is 9.47. The predicted octanol–water partition coefficient (Wildman–Crippen LogP) is -0.636. The molecule has 1 heterocycles. The molecular weight excluding hydrogens is 327 g/mol. The monoisotopic (exact) mass is 354 g/mol. The topological polar surface area (TPSA) is 148 Å². The molecule has 0 fully saturated rings. The highest BCUT2D eigenvalue weighted by Crippen LogP contribution is 2.26. The van der Waals surface area contributed by atoms with Gasteiger partial charge in [0.25, 0.3) is 0 Å². The third-order valence-corrected chi connectivity index (χ3v) is 3.68. The van der Waals surface area contributed by atoms with Crippen LogP contribution in [0.25, 0.3) is 0 Å². The molecule has 0 aromatic heterocycles. The van der Waals surface area contributed by atoms with Crippen LogP contribution in [0.2, 0.25) is 0 Å². The van der Waals surface area contributed by atoms with Crippen molar-refractivity contribution in [3.63, 3.8) is 0 Å². The van der Waals surface area contributed by atoms with Crippen LogP contribution in [0, 0.1) is 0 Å². The summed E-state index contributed by atoms with van der Waals surface area (Å²) in [5, 5.41) is 26.7. The van der Waals surface area contributed by atoms with Gasteiger partial charge in [-0.3, -0.25) is 4.79 Å². The Morgan fingerprint density at radius 2 is 2.20 bits per heavy atom. The van der Waals surface area contributed by atoms with E-state index in [1.165, 1.54) is 0 Å². The molecule has 25 heavy (non-hydrogen) atoms. The number of rotatable bonds is 8. The zero-order valence-corrected chi connectivity index (χ0v) is 14.4. The summed E-state index contributed by atoms with van der Waals surface area (Å²) in [6.07, 6.45) is 1.67. The van der Waals surface area contributed by atoms with Gasteiger partial charge in [-0.15, -0.1) is 0 Å². The molecular formula is C16H27BN2O6. The van der Waals surface area contributed by atoms with E-state index in [0.29, 0.717) is 37.2 Å². The lowest BCUT2D eigenvalue weighted by molar-refractivity contribution is -0.138. The summed E-state index contributed by atoms with van der Waals surface area (Å²) in [4.78, 5) is 9.96. The van der Waals surface area contributed by atoms with E-state index in [9.17, 15) is 9.82 Å². The fourth-order valence-corrected chi connectivity index (χ4v) is 2.39. The Labute approximate surface area is 147 Å². The quantitative estimate of drug-likeness (QED) is 0.306. The number of carbonyl (C=O) groups is 1. The number of carboxylic acids is 1. The SMILES string of the molecule is CCC[C@H](N)C(=O)O.NC[C@H]1OB(O)c2c(OCCCO)cccc21. The van der Waals surface area contributed by atoms with E-state index in [4.69, 9.17) is 31.1 Å². The lowest BCUT2D eigenvalue weighted by Crippen LogP contribution is -2.30. The number of aliphatic hydroxyl groups is 1. The molecule has 7 N–H and O–H groups in total. The first-order valence-corrected chi connectivity index (χ1v) is 8.34. The van der Waals surface area contributed by atoms with Crippen LogP contribution in [-0.4, -0.2) is 54.1 Å². The molecule has 140 valence electrons. The van der Waals surface area contributed by atoms with Crippen molar-refractivity contribution in [1.29, 1.82) is 0 Å². The molecule has 0 amide bonds. The van der Waals surface area contributed by atoms with Crippen LogP contribution in [0.4, 0.5) is 0 Å². The third-order valence-electron chi connectivity index (χ3n) is 3.68. The van der Waals surface area contributed by atoms with Crippen LogP contribution in [-0.2, 0) is 9.45 Å². The number of ether oxygens (including phenoxy) is 1. The second kappa shape index (κ2) is 11.1. The molecule has 0 saturated carbocycles. The molecule has 1 aliphatic heterocycles. The van der Waals surface area contributed by atoms with Crippen molar-refractivity contribution in [3.8, 4) is 5.75 Å². The van der Waals surface area contributed by atoms with Gasteiger partial charge in [-0.25, -0.2) is 0 Å². The fraction of sp³-hybridized carbons (Fsp3) is 0.562. The van der Waals surface area contributed by atoms with Crippen molar-refractivity contribution < 1.29 is 29.4 Å². The first-order chi connectivity index (χ1) is 12.0. The average Bonchev–Trinajstić information content (AvgIpc) is 2.93. The summed E-state index contributed by atoms with van der Waals surface area (Å²) in [5.74, 6) is -0.314. The van der Waals surface area contributed by atoms with Crippen molar-refractivity contribution in [2.24, 2.45) is 11.5 Å². The first kappa shape index (κ1) is 21.4. The Hall–Kier alpha value is -1.65. The lowest BCUT2D eigenvalue weighted by Gasteiger charge is -2.11. The van der Waals surface area contributed by atoms with E-state index < -0.39 is 19.1 Å². The molecule has 0 unspecified atom stereocenters. The van der Waals surface area contributed by atoms with Gasteiger partial charge in [0, 0.05) is 25.0 Å². The normalized spacial score (nSPS) is 16.7. The Bertz CT molecular complexity index is 545. The molecule has 1 aromatic rings. The van der Waals surface area contributed by atoms with Crippen LogP contribution < -0.4 is 21.7 Å². The van der Waals surface area contributed by atoms with Gasteiger partial charge in [0.1, 0.15) is 11.8 Å². The summed E-state index contributed by atoms with van der Waals surface area (Å²) >= 11 is 0. The Balaban J connectivity index is 0.000000333. The van der Waals surface area contributed by atoms with Crippen molar-refractivity contribution in [3.05, 3.63) is 23.8 Å². The molecule has 2 atom stereocenters. The maximum atomic E-state index is 9.96.